The third kappa shape index (κ3) is 5.39. The van der Waals surface area contributed by atoms with Crippen molar-refractivity contribution in [3.05, 3.63) is 71.6 Å². The molecule has 1 aromatic heterocycles. The van der Waals surface area contributed by atoms with E-state index in [1.807, 2.05) is 49.4 Å². The van der Waals surface area contributed by atoms with E-state index in [0.29, 0.717) is 43.6 Å². The lowest BCUT2D eigenvalue weighted by molar-refractivity contribution is -0.162. The van der Waals surface area contributed by atoms with E-state index < -0.39 is 12.1 Å². The van der Waals surface area contributed by atoms with Crippen LogP contribution in [0.1, 0.15) is 29.5 Å². The number of carbonyl (C=O) groups excluding carboxylic acids is 2. The second-order valence-corrected chi connectivity index (χ2v) is 7.59. The zero-order chi connectivity index (χ0) is 22.3. The predicted octanol–water partition coefficient (Wildman–Crippen LogP) is 3.12. The van der Waals surface area contributed by atoms with Crippen LogP contribution in [0.2, 0.25) is 0 Å². The van der Waals surface area contributed by atoms with Gasteiger partial charge in [0.15, 0.2) is 0 Å². The largest absolute Gasteiger partial charge is 0.447 e. The summed E-state index contributed by atoms with van der Waals surface area (Å²) in [5.74, 6) is -0.00541. The summed E-state index contributed by atoms with van der Waals surface area (Å²) in [6.45, 7) is 3.90. The zero-order valence-electron chi connectivity index (χ0n) is 17.9. The smallest absolute Gasteiger partial charge is 0.307 e. The van der Waals surface area contributed by atoms with Crippen LogP contribution in [-0.4, -0.2) is 53.3 Å². The lowest BCUT2D eigenvalue weighted by Crippen LogP contribution is -2.44. The molecule has 2 heterocycles. The van der Waals surface area contributed by atoms with Gasteiger partial charge in [-0.2, -0.15) is 0 Å². The summed E-state index contributed by atoms with van der Waals surface area (Å²) >= 11 is 0. The Balaban J connectivity index is 1.39. The van der Waals surface area contributed by atoms with E-state index in [1.165, 1.54) is 0 Å². The van der Waals surface area contributed by atoms with Crippen molar-refractivity contribution in [1.29, 1.82) is 0 Å². The number of esters is 1. The van der Waals surface area contributed by atoms with Crippen LogP contribution in [0.5, 0.6) is 0 Å². The molecule has 0 spiro atoms. The summed E-state index contributed by atoms with van der Waals surface area (Å²) in [6, 6.07) is 16.8. The van der Waals surface area contributed by atoms with Gasteiger partial charge in [0, 0.05) is 30.6 Å². The van der Waals surface area contributed by atoms with Crippen molar-refractivity contribution in [3.8, 4) is 11.5 Å². The van der Waals surface area contributed by atoms with Crippen LogP contribution in [0.25, 0.3) is 11.5 Å². The predicted molar refractivity (Wildman–Crippen MR) is 115 cm³/mol. The Hall–Kier alpha value is -3.52. The van der Waals surface area contributed by atoms with Gasteiger partial charge in [-0.25, -0.2) is 0 Å². The number of carbonyl (C=O) groups is 2. The second kappa shape index (κ2) is 10.2. The molecule has 1 aliphatic rings. The van der Waals surface area contributed by atoms with Crippen molar-refractivity contribution in [2.24, 2.45) is 0 Å². The van der Waals surface area contributed by atoms with Crippen LogP contribution < -0.4 is 0 Å². The third-order valence-corrected chi connectivity index (χ3v) is 5.21. The molecule has 0 N–H and O–H groups in total. The molecule has 1 fully saturated rings. The molecule has 166 valence electrons. The van der Waals surface area contributed by atoms with Gasteiger partial charge in [0.05, 0.1) is 19.6 Å². The topological polar surface area (TPSA) is 94.8 Å². The minimum Gasteiger partial charge on any atom is -0.447 e. The molecular weight excluding hydrogens is 410 g/mol. The molecule has 3 aromatic rings. The Kier molecular flexibility index (Phi) is 6.91. The second-order valence-electron chi connectivity index (χ2n) is 7.59. The van der Waals surface area contributed by atoms with Gasteiger partial charge in [-0.05, 0) is 19.1 Å². The van der Waals surface area contributed by atoms with Crippen molar-refractivity contribution in [2.45, 2.75) is 25.9 Å². The van der Waals surface area contributed by atoms with Gasteiger partial charge < -0.3 is 18.8 Å². The molecule has 0 saturated carbocycles. The molecule has 8 heteroatoms. The van der Waals surface area contributed by atoms with Crippen LogP contribution in [0.15, 0.2) is 59.0 Å². The van der Waals surface area contributed by atoms with Crippen LogP contribution in [0.4, 0.5) is 0 Å². The van der Waals surface area contributed by atoms with Gasteiger partial charge in [0.2, 0.25) is 17.9 Å². The highest BCUT2D eigenvalue weighted by Crippen LogP contribution is 2.23. The summed E-state index contributed by atoms with van der Waals surface area (Å²) in [6.07, 6.45) is -0.743. The molecule has 0 bridgehead atoms. The number of rotatable bonds is 7. The highest BCUT2D eigenvalue weighted by Gasteiger charge is 2.30. The van der Waals surface area contributed by atoms with Crippen LogP contribution in [-0.2, 0) is 25.5 Å². The van der Waals surface area contributed by atoms with Crippen molar-refractivity contribution in [3.63, 3.8) is 0 Å². The molecule has 0 radical (unpaired) electrons. The Morgan fingerprint density at radius 2 is 1.75 bits per heavy atom. The maximum Gasteiger partial charge on any atom is 0.307 e. The van der Waals surface area contributed by atoms with Gasteiger partial charge in [-0.3, -0.25) is 9.59 Å². The molecule has 32 heavy (non-hydrogen) atoms. The van der Waals surface area contributed by atoms with E-state index in [0.717, 1.165) is 11.1 Å². The molecule has 0 aliphatic carbocycles. The lowest BCUT2D eigenvalue weighted by Gasteiger charge is -2.30. The molecule has 1 amide bonds. The summed E-state index contributed by atoms with van der Waals surface area (Å²) < 4.78 is 16.6. The molecule has 8 nitrogen and oxygen atoms in total. The number of hydrogen-bond acceptors (Lipinski definition) is 7. The number of ether oxygens (including phenoxy) is 2. The number of amides is 1. The quantitative estimate of drug-likeness (QED) is 0.526. The lowest BCUT2D eigenvalue weighted by atomic mass is 10.1. The van der Waals surface area contributed by atoms with E-state index in [9.17, 15) is 9.59 Å². The maximum absolute atomic E-state index is 13.0. The Labute approximate surface area is 186 Å². The van der Waals surface area contributed by atoms with Crippen molar-refractivity contribution < 1.29 is 23.5 Å². The fourth-order valence-electron chi connectivity index (χ4n) is 3.41. The number of nitrogens with zero attached hydrogens (tertiary/aromatic N) is 3. The maximum atomic E-state index is 13.0. The van der Waals surface area contributed by atoms with E-state index >= 15 is 0 Å². The van der Waals surface area contributed by atoms with Gasteiger partial charge in [0.25, 0.3) is 5.91 Å². The zero-order valence-corrected chi connectivity index (χ0v) is 17.9. The number of aromatic nitrogens is 2. The van der Waals surface area contributed by atoms with Gasteiger partial charge in [-0.15, -0.1) is 10.2 Å². The summed E-state index contributed by atoms with van der Waals surface area (Å²) in [4.78, 5) is 27.3. The first-order chi connectivity index (χ1) is 15.6. The van der Waals surface area contributed by atoms with E-state index in [1.54, 1.807) is 17.0 Å². The van der Waals surface area contributed by atoms with E-state index in [2.05, 4.69) is 10.2 Å². The Bertz CT molecular complexity index is 1040. The van der Waals surface area contributed by atoms with Crippen molar-refractivity contribution >= 4 is 11.9 Å². The minimum atomic E-state index is -0.993. The first kappa shape index (κ1) is 21.7. The van der Waals surface area contributed by atoms with E-state index in [4.69, 9.17) is 13.9 Å². The molecule has 1 atom stereocenters. The number of benzene rings is 2. The summed E-state index contributed by atoms with van der Waals surface area (Å²) in [7, 11) is 0. The first-order valence-corrected chi connectivity index (χ1v) is 10.6. The number of hydrogen-bond donors (Lipinski definition) is 0. The Morgan fingerprint density at radius 1 is 1.03 bits per heavy atom. The van der Waals surface area contributed by atoms with Crippen LogP contribution in [0.3, 0.4) is 0 Å². The summed E-state index contributed by atoms with van der Waals surface area (Å²) in [5, 5.41) is 8.07. The third-order valence-electron chi connectivity index (χ3n) is 5.21. The fourth-order valence-corrected chi connectivity index (χ4v) is 3.41. The van der Waals surface area contributed by atoms with Gasteiger partial charge in [0.1, 0.15) is 0 Å². The molecule has 1 saturated heterocycles. The average Bonchev–Trinajstić information content (AvgIpc) is 3.31. The molecular formula is C24H25N3O5. The first-order valence-electron chi connectivity index (χ1n) is 10.6. The van der Waals surface area contributed by atoms with Crippen molar-refractivity contribution in [1.82, 2.24) is 15.1 Å². The number of aryl methyl sites for hydroxylation is 2. The minimum absolute atomic E-state index is 0.0231. The van der Waals surface area contributed by atoms with Crippen molar-refractivity contribution in [2.75, 3.05) is 26.3 Å². The normalized spacial score (nSPS) is 14.7. The average molecular weight is 435 g/mol. The Morgan fingerprint density at radius 3 is 2.47 bits per heavy atom. The molecule has 4 rings (SSSR count). The highest BCUT2D eigenvalue weighted by atomic mass is 16.5. The number of morpholine rings is 1. The van der Waals surface area contributed by atoms with Gasteiger partial charge >= 0.3 is 5.97 Å². The van der Waals surface area contributed by atoms with E-state index in [-0.39, 0.29) is 18.7 Å². The van der Waals surface area contributed by atoms with Crippen LogP contribution in [0, 0.1) is 6.92 Å². The SMILES string of the molecule is Cc1ccc(-c2nnc(CCC(=O)O[C@@H](C(=O)N3CCOCC3)c3ccccc3)o2)cc1. The van der Waals surface area contributed by atoms with Crippen LogP contribution >= 0.6 is 0 Å². The molecule has 2 aromatic carbocycles. The summed E-state index contributed by atoms with van der Waals surface area (Å²) in [5.41, 5.74) is 2.59. The standard InChI is InChI=1S/C24H25N3O5/c1-17-7-9-19(10-8-17)23-26-25-20(31-23)11-12-21(28)32-22(18-5-3-2-4-6-18)24(29)27-13-15-30-16-14-27/h2-10,22H,11-16H2,1H3/t22-/m1/s1. The molecule has 1 aliphatic heterocycles. The van der Waals surface area contributed by atoms with Gasteiger partial charge in [-0.1, -0.05) is 48.0 Å². The fraction of sp³-hybridized carbons (Fsp3) is 0.333. The monoisotopic (exact) mass is 435 g/mol. The molecule has 0 unspecified atom stereocenters. The highest BCUT2D eigenvalue weighted by molar-refractivity contribution is 5.85.